The summed E-state index contributed by atoms with van der Waals surface area (Å²) in [7, 11) is 1.58. The molecular weight excluding hydrogens is 468 g/mol. The Kier molecular flexibility index (Phi) is 7.27. The molecule has 152 valence electrons. The van der Waals surface area contributed by atoms with Crippen molar-refractivity contribution in [3.63, 3.8) is 0 Å². The molecule has 0 bridgehead atoms. The minimum absolute atomic E-state index is 0.264. The highest BCUT2D eigenvalue weighted by Crippen LogP contribution is 2.24. The SMILES string of the molecule is COc1ccc(Br)cc1C=CC(=O)Nc1ccc(NC(=O)c2cccc(Cl)c2)cc1. The molecule has 0 aliphatic rings. The zero-order valence-corrected chi connectivity index (χ0v) is 18.3. The monoisotopic (exact) mass is 484 g/mol. The number of nitrogens with one attached hydrogen (secondary N) is 2. The third-order valence-electron chi connectivity index (χ3n) is 4.10. The van der Waals surface area contributed by atoms with Crippen LogP contribution in [0.25, 0.3) is 6.08 Å². The predicted molar refractivity (Wildman–Crippen MR) is 124 cm³/mol. The molecule has 0 radical (unpaired) electrons. The average molecular weight is 486 g/mol. The van der Waals surface area contributed by atoms with E-state index in [0.29, 0.717) is 27.7 Å². The molecule has 0 aliphatic carbocycles. The minimum Gasteiger partial charge on any atom is -0.496 e. The Morgan fingerprint density at radius 2 is 1.67 bits per heavy atom. The van der Waals surface area contributed by atoms with Gasteiger partial charge in [-0.25, -0.2) is 0 Å². The van der Waals surface area contributed by atoms with Gasteiger partial charge in [0.15, 0.2) is 0 Å². The van der Waals surface area contributed by atoms with Gasteiger partial charge in [0.2, 0.25) is 5.91 Å². The number of hydrogen-bond donors (Lipinski definition) is 2. The minimum atomic E-state index is -0.284. The van der Waals surface area contributed by atoms with Crippen molar-refractivity contribution in [3.8, 4) is 5.75 Å². The zero-order valence-electron chi connectivity index (χ0n) is 16.0. The van der Waals surface area contributed by atoms with Gasteiger partial charge in [-0.15, -0.1) is 0 Å². The molecule has 0 unspecified atom stereocenters. The molecule has 0 atom stereocenters. The van der Waals surface area contributed by atoms with Crippen LogP contribution in [0, 0.1) is 0 Å². The molecule has 5 nitrogen and oxygen atoms in total. The first-order valence-corrected chi connectivity index (χ1v) is 10.1. The second-order valence-corrected chi connectivity index (χ2v) is 7.60. The first-order valence-electron chi connectivity index (χ1n) is 8.94. The molecule has 30 heavy (non-hydrogen) atoms. The van der Waals surface area contributed by atoms with Crippen molar-refractivity contribution in [2.45, 2.75) is 0 Å². The molecule has 0 aliphatic heterocycles. The van der Waals surface area contributed by atoms with Gasteiger partial charge in [0, 0.05) is 38.1 Å². The van der Waals surface area contributed by atoms with Crippen LogP contribution in [0.15, 0.2) is 77.3 Å². The van der Waals surface area contributed by atoms with Crippen molar-refractivity contribution in [1.29, 1.82) is 0 Å². The van der Waals surface area contributed by atoms with E-state index in [1.807, 2.05) is 18.2 Å². The first kappa shape index (κ1) is 21.6. The van der Waals surface area contributed by atoms with Crippen molar-refractivity contribution in [2.75, 3.05) is 17.7 Å². The molecule has 7 heteroatoms. The summed E-state index contributed by atoms with van der Waals surface area (Å²) in [5, 5.41) is 6.06. The van der Waals surface area contributed by atoms with Crippen molar-refractivity contribution >= 4 is 56.8 Å². The highest BCUT2D eigenvalue weighted by Gasteiger charge is 2.07. The molecule has 2 amide bonds. The quantitative estimate of drug-likeness (QED) is 0.420. The van der Waals surface area contributed by atoms with Gasteiger partial charge in [-0.05, 0) is 66.7 Å². The van der Waals surface area contributed by atoms with Crippen LogP contribution < -0.4 is 15.4 Å². The summed E-state index contributed by atoms with van der Waals surface area (Å²) in [6, 6.07) is 19.1. The fraction of sp³-hybridized carbons (Fsp3) is 0.0435. The molecule has 3 aromatic carbocycles. The van der Waals surface area contributed by atoms with Crippen LogP contribution in [-0.2, 0) is 4.79 Å². The Labute approximate surface area is 187 Å². The number of methoxy groups -OCH3 is 1. The number of carbonyl (C=O) groups excluding carboxylic acids is 2. The van der Waals surface area contributed by atoms with E-state index in [1.54, 1.807) is 61.7 Å². The Morgan fingerprint density at radius 3 is 2.33 bits per heavy atom. The number of hydrogen-bond acceptors (Lipinski definition) is 3. The van der Waals surface area contributed by atoms with E-state index < -0.39 is 0 Å². The van der Waals surface area contributed by atoms with Crippen LogP contribution in [0.3, 0.4) is 0 Å². The molecule has 0 spiro atoms. The fourth-order valence-electron chi connectivity index (χ4n) is 2.65. The first-order chi connectivity index (χ1) is 14.4. The van der Waals surface area contributed by atoms with E-state index in [2.05, 4.69) is 26.6 Å². The van der Waals surface area contributed by atoms with Crippen LogP contribution in [0.4, 0.5) is 11.4 Å². The van der Waals surface area contributed by atoms with Crippen LogP contribution in [-0.4, -0.2) is 18.9 Å². The van der Waals surface area contributed by atoms with Gasteiger partial charge in [-0.1, -0.05) is 33.6 Å². The molecule has 3 rings (SSSR count). The second-order valence-electron chi connectivity index (χ2n) is 6.25. The summed E-state index contributed by atoms with van der Waals surface area (Å²) in [5.41, 5.74) is 2.45. The van der Waals surface area contributed by atoms with Gasteiger partial charge in [-0.3, -0.25) is 9.59 Å². The molecular formula is C23H18BrClN2O3. The van der Waals surface area contributed by atoms with Gasteiger partial charge < -0.3 is 15.4 Å². The average Bonchev–Trinajstić information content (AvgIpc) is 2.74. The lowest BCUT2D eigenvalue weighted by molar-refractivity contribution is -0.111. The summed E-state index contributed by atoms with van der Waals surface area (Å²) in [4.78, 5) is 24.5. The van der Waals surface area contributed by atoms with Crippen LogP contribution in [0.5, 0.6) is 5.75 Å². The summed E-state index contributed by atoms with van der Waals surface area (Å²) < 4.78 is 6.18. The fourth-order valence-corrected chi connectivity index (χ4v) is 3.22. The van der Waals surface area contributed by atoms with E-state index in [4.69, 9.17) is 16.3 Å². The highest BCUT2D eigenvalue weighted by molar-refractivity contribution is 9.10. The van der Waals surface area contributed by atoms with Crippen molar-refractivity contribution in [2.24, 2.45) is 0 Å². The smallest absolute Gasteiger partial charge is 0.255 e. The van der Waals surface area contributed by atoms with E-state index >= 15 is 0 Å². The Hall–Kier alpha value is -3.09. The normalized spacial score (nSPS) is 10.6. The highest BCUT2D eigenvalue weighted by atomic mass is 79.9. The largest absolute Gasteiger partial charge is 0.496 e. The molecule has 3 aromatic rings. The number of amides is 2. The predicted octanol–water partition coefficient (Wildman–Crippen LogP) is 6.02. The molecule has 2 N–H and O–H groups in total. The number of anilines is 2. The van der Waals surface area contributed by atoms with Crippen molar-refractivity contribution < 1.29 is 14.3 Å². The Balaban J connectivity index is 1.61. The lowest BCUT2D eigenvalue weighted by Gasteiger charge is -2.08. The third-order valence-corrected chi connectivity index (χ3v) is 4.83. The van der Waals surface area contributed by atoms with E-state index in [9.17, 15) is 9.59 Å². The van der Waals surface area contributed by atoms with Crippen molar-refractivity contribution in [1.82, 2.24) is 0 Å². The Morgan fingerprint density at radius 1 is 0.967 bits per heavy atom. The van der Waals surface area contributed by atoms with E-state index in [0.717, 1.165) is 10.0 Å². The van der Waals surface area contributed by atoms with Crippen LogP contribution >= 0.6 is 27.5 Å². The molecule has 0 fully saturated rings. The summed E-state index contributed by atoms with van der Waals surface area (Å²) in [5.74, 6) is 0.120. The number of carbonyl (C=O) groups is 2. The molecule has 0 saturated carbocycles. The molecule has 0 saturated heterocycles. The molecule has 0 heterocycles. The van der Waals surface area contributed by atoms with Crippen LogP contribution in [0.2, 0.25) is 5.02 Å². The maximum Gasteiger partial charge on any atom is 0.255 e. The standard InChI is InChI=1S/C23H18BrClN2O3/c1-30-21-11-6-17(24)13-15(21)5-12-22(28)26-19-7-9-20(10-8-19)27-23(29)16-3-2-4-18(25)14-16/h2-14H,1H3,(H,26,28)(H,27,29). The van der Waals surface area contributed by atoms with Crippen molar-refractivity contribution in [3.05, 3.63) is 93.4 Å². The summed E-state index contributed by atoms with van der Waals surface area (Å²) >= 11 is 9.32. The number of ether oxygens (including phenoxy) is 1. The topological polar surface area (TPSA) is 67.4 Å². The number of rotatable bonds is 6. The lowest BCUT2D eigenvalue weighted by atomic mass is 10.2. The lowest BCUT2D eigenvalue weighted by Crippen LogP contribution is -2.12. The van der Waals surface area contributed by atoms with Gasteiger partial charge in [0.05, 0.1) is 7.11 Å². The van der Waals surface area contributed by atoms with E-state index in [-0.39, 0.29) is 11.8 Å². The van der Waals surface area contributed by atoms with Gasteiger partial charge in [-0.2, -0.15) is 0 Å². The maximum atomic E-state index is 12.3. The zero-order chi connectivity index (χ0) is 21.5. The summed E-state index contributed by atoms with van der Waals surface area (Å²) in [6.45, 7) is 0. The number of benzene rings is 3. The van der Waals surface area contributed by atoms with Gasteiger partial charge in [0.25, 0.3) is 5.91 Å². The third kappa shape index (κ3) is 5.95. The number of halogens is 2. The van der Waals surface area contributed by atoms with E-state index in [1.165, 1.54) is 6.08 Å². The van der Waals surface area contributed by atoms with Crippen LogP contribution in [0.1, 0.15) is 15.9 Å². The Bertz CT molecular complexity index is 1100. The maximum absolute atomic E-state index is 12.3. The summed E-state index contributed by atoms with van der Waals surface area (Å²) in [6.07, 6.45) is 3.11. The molecule has 0 aromatic heterocycles. The van der Waals surface area contributed by atoms with Gasteiger partial charge >= 0.3 is 0 Å². The second kappa shape index (κ2) is 10.1. The van der Waals surface area contributed by atoms with Gasteiger partial charge in [0.1, 0.15) is 5.75 Å².